The largest absolute Gasteiger partial charge is 0.0628 e. The lowest BCUT2D eigenvalue weighted by Crippen LogP contribution is -2.30. The highest BCUT2D eigenvalue weighted by Crippen LogP contribution is 2.37. The second-order valence-electron chi connectivity index (χ2n) is 7.89. The van der Waals surface area contributed by atoms with Gasteiger partial charge in [-0.05, 0) is 54.3 Å². The van der Waals surface area contributed by atoms with Gasteiger partial charge in [0, 0.05) is 0 Å². The molecular weight excluding hydrogens is 216 g/mol. The minimum Gasteiger partial charge on any atom is -0.0628 e. The molecule has 0 spiro atoms. The van der Waals surface area contributed by atoms with Crippen molar-refractivity contribution in [2.45, 2.75) is 75.2 Å². The molecule has 0 aromatic heterocycles. The van der Waals surface area contributed by atoms with E-state index in [-0.39, 0.29) is 0 Å². The molecule has 0 aliphatic rings. The second-order valence-corrected chi connectivity index (χ2v) is 7.89. The van der Waals surface area contributed by atoms with E-state index in [9.17, 15) is 0 Å². The molecule has 0 saturated heterocycles. The highest BCUT2D eigenvalue weighted by molar-refractivity contribution is 4.79. The summed E-state index contributed by atoms with van der Waals surface area (Å²) in [5.74, 6) is 5.90. The summed E-state index contributed by atoms with van der Waals surface area (Å²) < 4.78 is 0. The van der Waals surface area contributed by atoms with Crippen LogP contribution in [0, 0.1) is 41.4 Å². The molecule has 18 heavy (non-hydrogen) atoms. The van der Waals surface area contributed by atoms with Gasteiger partial charge in [0.05, 0.1) is 0 Å². The van der Waals surface area contributed by atoms with E-state index in [1.165, 1.54) is 12.8 Å². The van der Waals surface area contributed by atoms with Crippen molar-refractivity contribution in [3.8, 4) is 0 Å². The fraction of sp³-hybridized carbons (Fsp3) is 1.00. The van der Waals surface area contributed by atoms with Crippen LogP contribution in [0.4, 0.5) is 0 Å². The topological polar surface area (TPSA) is 0 Å². The van der Waals surface area contributed by atoms with Crippen LogP contribution in [0.5, 0.6) is 0 Å². The smallest absolute Gasteiger partial charge is 0.0337 e. The monoisotopic (exact) mass is 254 g/mol. The van der Waals surface area contributed by atoms with Crippen LogP contribution < -0.4 is 0 Å². The van der Waals surface area contributed by atoms with Crippen molar-refractivity contribution in [2.75, 3.05) is 0 Å². The maximum Gasteiger partial charge on any atom is -0.0337 e. The van der Waals surface area contributed by atoms with Gasteiger partial charge in [0.15, 0.2) is 0 Å². The first-order chi connectivity index (χ1) is 8.16. The molecule has 110 valence electrons. The van der Waals surface area contributed by atoms with Gasteiger partial charge in [0.25, 0.3) is 0 Å². The average Bonchev–Trinajstić information content (AvgIpc) is 2.14. The molecule has 0 fully saturated rings. The van der Waals surface area contributed by atoms with Crippen molar-refractivity contribution in [1.29, 1.82) is 0 Å². The minimum atomic E-state index is 0.809. The molecule has 0 heteroatoms. The predicted octanol–water partition coefficient (Wildman–Crippen LogP) is 6.26. The van der Waals surface area contributed by atoms with Crippen molar-refractivity contribution in [2.24, 2.45) is 41.4 Å². The van der Waals surface area contributed by atoms with E-state index in [0.717, 1.165) is 41.4 Å². The molecule has 0 aromatic carbocycles. The quantitative estimate of drug-likeness (QED) is 0.479. The molecule has 0 amide bonds. The molecule has 0 saturated carbocycles. The molecular formula is C18H38. The molecule has 0 radical (unpaired) electrons. The lowest BCUT2D eigenvalue weighted by Gasteiger charge is -2.37. The summed E-state index contributed by atoms with van der Waals surface area (Å²) in [6, 6.07) is 0. The minimum absolute atomic E-state index is 0.809. The Kier molecular flexibility index (Phi) is 8.23. The van der Waals surface area contributed by atoms with E-state index < -0.39 is 0 Å². The summed E-state index contributed by atoms with van der Waals surface area (Å²) in [6.45, 7) is 21.7. The van der Waals surface area contributed by atoms with Gasteiger partial charge in [0.1, 0.15) is 0 Å². The molecule has 0 aromatic rings. The van der Waals surface area contributed by atoms with Crippen molar-refractivity contribution in [3.05, 3.63) is 0 Å². The standard InChI is InChI=1S/C18H38/c1-12(2)10-15(7)17(9)18(14(5)6)16(8)11-13(3)4/h12-18H,10-11H2,1-9H3. The summed E-state index contributed by atoms with van der Waals surface area (Å²) in [6.07, 6.45) is 2.75. The van der Waals surface area contributed by atoms with Crippen molar-refractivity contribution in [3.63, 3.8) is 0 Å². The number of hydrogen-bond acceptors (Lipinski definition) is 0. The Morgan fingerprint density at radius 1 is 0.556 bits per heavy atom. The third kappa shape index (κ3) is 6.25. The van der Waals surface area contributed by atoms with Crippen molar-refractivity contribution in [1.82, 2.24) is 0 Å². The SMILES string of the molecule is CC(C)CC(C)C(C)C(C(C)C)C(C)CC(C)C. The third-order valence-electron chi connectivity index (χ3n) is 4.62. The highest BCUT2D eigenvalue weighted by atomic mass is 14.4. The van der Waals surface area contributed by atoms with E-state index in [4.69, 9.17) is 0 Å². The van der Waals surface area contributed by atoms with Crippen molar-refractivity contribution >= 4 is 0 Å². The molecule has 0 aliphatic heterocycles. The van der Waals surface area contributed by atoms with Crippen molar-refractivity contribution < 1.29 is 0 Å². The van der Waals surface area contributed by atoms with Gasteiger partial charge in [-0.2, -0.15) is 0 Å². The molecule has 0 N–H and O–H groups in total. The Hall–Kier alpha value is 0. The maximum atomic E-state index is 2.49. The van der Waals surface area contributed by atoms with Crippen LogP contribution in [0.15, 0.2) is 0 Å². The molecule has 0 aliphatic carbocycles. The molecule has 4 atom stereocenters. The first kappa shape index (κ1) is 18.0. The summed E-state index contributed by atoms with van der Waals surface area (Å²) in [4.78, 5) is 0. The Balaban J connectivity index is 4.67. The lowest BCUT2D eigenvalue weighted by molar-refractivity contribution is 0.117. The molecule has 0 heterocycles. The molecule has 4 unspecified atom stereocenters. The van der Waals surface area contributed by atoms with Crippen LogP contribution in [-0.2, 0) is 0 Å². The molecule has 0 rings (SSSR count). The molecule has 0 bridgehead atoms. The fourth-order valence-corrected chi connectivity index (χ4v) is 4.02. The Bertz CT molecular complexity index is 202. The van der Waals surface area contributed by atoms with Crippen LogP contribution in [0.2, 0.25) is 0 Å². The Labute approximate surface area is 117 Å². The normalized spacial score (nSPS) is 19.3. The zero-order valence-electron chi connectivity index (χ0n) is 14.5. The predicted molar refractivity (Wildman–Crippen MR) is 84.7 cm³/mol. The Morgan fingerprint density at radius 2 is 0.944 bits per heavy atom. The fourth-order valence-electron chi connectivity index (χ4n) is 4.02. The van der Waals surface area contributed by atoms with Gasteiger partial charge < -0.3 is 0 Å². The maximum absolute atomic E-state index is 2.49. The van der Waals surface area contributed by atoms with E-state index in [1.54, 1.807) is 0 Å². The first-order valence-electron chi connectivity index (χ1n) is 8.16. The van der Waals surface area contributed by atoms with Crippen LogP contribution in [0.1, 0.15) is 75.2 Å². The van der Waals surface area contributed by atoms with E-state index in [0.29, 0.717) is 0 Å². The van der Waals surface area contributed by atoms with Gasteiger partial charge in [-0.1, -0.05) is 62.3 Å². The van der Waals surface area contributed by atoms with Crippen LogP contribution in [0.3, 0.4) is 0 Å². The third-order valence-corrected chi connectivity index (χ3v) is 4.62. The van der Waals surface area contributed by atoms with E-state index >= 15 is 0 Å². The van der Waals surface area contributed by atoms with Gasteiger partial charge in [0.2, 0.25) is 0 Å². The summed E-state index contributed by atoms with van der Waals surface area (Å²) in [5, 5.41) is 0. The molecule has 0 nitrogen and oxygen atoms in total. The van der Waals surface area contributed by atoms with Gasteiger partial charge >= 0.3 is 0 Å². The first-order valence-corrected chi connectivity index (χ1v) is 8.16. The highest BCUT2D eigenvalue weighted by Gasteiger charge is 2.30. The lowest BCUT2D eigenvalue weighted by atomic mass is 9.68. The van der Waals surface area contributed by atoms with E-state index in [1.807, 2.05) is 0 Å². The number of rotatable bonds is 8. The van der Waals surface area contributed by atoms with E-state index in [2.05, 4.69) is 62.3 Å². The summed E-state index contributed by atoms with van der Waals surface area (Å²) in [7, 11) is 0. The summed E-state index contributed by atoms with van der Waals surface area (Å²) >= 11 is 0. The van der Waals surface area contributed by atoms with Gasteiger partial charge in [-0.25, -0.2) is 0 Å². The average molecular weight is 255 g/mol. The number of hydrogen-bond donors (Lipinski definition) is 0. The zero-order valence-corrected chi connectivity index (χ0v) is 14.5. The second kappa shape index (κ2) is 8.23. The summed E-state index contributed by atoms with van der Waals surface area (Å²) in [5.41, 5.74) is 0. The van der Waals surface area contributed by atoms with Crippen LogP contribution >= 0.6 is 0 Å². The Morgan fingerprint density at radius 3 is 1.28 bits per heavy atom. The van der Waals surface area contributed by atoms with Gasteiger partial charge in [-0.15, -0.1) is 0 Å². The van der Waals surface area contributed by atoms with Crippen LogP contribution in [-0.4, -0.2) is 0 Å². The zero-order chi connectivity index (χ0) is 14.5. The van der Waals surface area contributed by atoms with Crippen LogP contribution in [0.25, 0.3) is 0 Å². The van der Waals surface area contributed by atoms with Gasteiger partial charge in [-0.3, -0.25) is 0 Å².